The highest BCUT2D eigenvalue weighted by Crippen LogP contribution is 2.12. The molecule has 39 heavy (non-hydrogen) atoms. The van der Waals surface area contributed by atoms with Gasteiger partial charge in [-0.1, -0.05) is 34.1 Å². The van der Waals surface area contributed by atoms with E-state index in [1.54, 1.807) is 27.7 Å². The van der Waals surface area contributed by atoms with Crippen molar-refractivity contribution < 1.29 is 43.8 Å². The summed E-state index contributed by atoms with van der Waals surface area (Å²) >= 11 is 0. The first-order valence-electron chi connectivity index (χ1n) is 12.7. The molecule has 6 atom stereocenters. The standard InChI is InChI=1S/C24H42N6O9/c1-6-12(4)19(23(37)27-13(5)24(38)39)30-22(36)16(9-11(2)3)29-21(35)15(7-8-18(32)33)28-20(34)14(25)10-17(26)31/h11-16,19H,6-10,25H2,1-5H3,(H2,26,31)(H,27,37)(H,28,34)(H,29,35)(H,30,36)(H,32,33)(H,38,39). The zero-order valence-electron chi connectivity index (χ0n) is 23.0. The molecule has 10 N–H and O–H groups in total. The highest BCUT2D eigenvalue weighted by Gasteiger charge is 2.33. The molecular weight excluding hydrogens is 516 g/mol. The van der Waals surface area contributed by atoms with Crippen molar-refractivity contribution in [1.82, 2.24) is 21.3 Å². The van der Waals surface area contributed by atoms with E-state index < -0.39 is 84.5 Å². The second kappa shape index (κ2) is 17.0. The Morgan fingerprint density at radius 2 is 1.31 bits per heavy atom. The summed E-state index contributed by atoms with van der Waals surface area (Å²) in [4.78, 5) is 84.8. The molecule has 0 aliphatic carbocycles. The van der Waals surface area contributed by atoms with E-state index in [9.17, 15) is 33.6 Å². The normalized spacial score (nSPS) is 15.6. The number of carbonyl (C=O) groups is 7. The maximum Gasteiger partial charge on any atom is 0.325 e. The average molecular weight is 559 g/mol. The molecule has 0 aromatic heterocycles. The minimum atomic E-state index is -1.40. The van der Waals surface area contributed by atoms with Crippen LogP contribution in [0.2, 0.25) is 0 Å². The van der Waals surface area contributed by atoms with Gasteiger partial charge in [-0.3, -0.25) is 33.6 Å². The molecule has 0 saturated heterocycles. The number of hydrogen-bond donors (Lipinski definition) is 8. The number of carboxylic acid groups (broad SMARTS) is 2. The third kappa shape index (κ3) is 13.6. The first-order chi connectivity index (χ1) is 18.0. The monoisotopic (exact) mass is 558 g/mol. The van der Waals surface area contributed by atoms with E-state index in [2.05, 4.69) is 21.3 Å². The highest BCUT2D eigenvalue weighted by molar-refractivity contribution is 5.96. The summed E-state index contributed by atoms with van der Waals surface area (Å²) in [6, 6.07) is -6.27. The molecule has 5 amide bonds. The third-order valence-corrected chi connectivity index (χ3v) is 5.90. The molecule has 15 nitrogen and oxygen atoms in total. The lowest BCUT2D eigenvalue weighted by Gasteiger charge is -2.29. The molecule has 0 aromatic carbocycles. The van der Waals surface area contributed by atoms with E-state index in [4.69, 9.17) is 21.7 Å². The molecule has 0 heterocycles. The molecule has 222 valence electrons. The lowest BCUT2D eigenvalue weighted by Crippen LogP contribution is -2.59. The fourth-order valence-electron chi connectivity index (χ4n) is 3.42. The molecule has 0 bridgehead atoms. The Bertz CT molecular complexity index is 911. The molecule has 0 rings (SSSR count). The van der Waals surface area contributed by atoms with Crippen LogP contribution in [-0.2, 0) is 33.6 Å². The number of nitrogens with two attached hydrogens (primary N) is 2. The van der Waals surface area contributed by atoms with Crippen LogP contribution in [0.1, 0.15) is 66.7 Å². The van der Waals surface area contributed by atoms with E-state index in [-0.39, 0.29) is 24.7 Å². The highest BCUT2D eigenvalue weighted by atomic mass is 16.4. The molecule has 0 aliphatic rings. The van der Waals surface area contributed by atoms with Crippen molar-refractivity contribution in [3.63, 3.8) is 0 Å². The fraction of sp³-hybridized carbons (Fsp3) is 0.708. The van der Waals surface area contributed by atoms with Crippen molar-refractivity contribution in [3.8, 4) is 0 Å². The largest absolute Gasteiger partial charge is 0.481 e. The summed E-state index contributed by atoms with van der Waals surface area (Å²) in [5, 5.41) is 27.8. The van der Waals surface area contributed by atoms with Gasteiger partial charge in [-0.05, 0) is 31.6 Å². The summed E-state index contributed by atoms with van der Waals surface area (Å²) in [5.74, 6) is -7.07. The quantitative estimate of drug-likeness (QED) is 0.0934. The van der Waals surface area contributed by atoms with Crippen LogP contribution in [0.4, 0.5) is 0 Å². The minimum Gasteiger partial charge on any atom is -0.481 e. The molecule has 0 fully saturated rings. The molecule has 0 saturated carbocycles. The zero-order valence-corrected chi connectivity index (χ0v) is 23.0. The van der Waals surface area contributed by atoms with Crippen LogP contribution in [0.5, 0.6) is 0 Å². The van der Waals surface area contributed by atoms with Crippen LogP contribution in [0.25, 0.3) is 0 Å². The van der Waals surface area contributed by atoms with Gasteiger partial charge in [-0.15, -0.1) is 0 Å². The van der Waals surface area contributed by atoms with Gasteiger partial charge in [0.1, 0.15) is 24.2 Å². The molecule has 0 aromatic rings. The summed E-state index contributed by atoms with van der Waals surface area (Å²) in [6.07, 6.45) is -0.745. The van der Waals surface area contributed by atoms with Crippen LogP contribution in [0, 0.1) is 11.8 Å². The average Bonchev–Trinajstić information content (AvgIpc) is 2.82. The van der Waals surface area contributed by atoms with E-state index in [1.165, 1.54) is 6.92 Å². The van der Waals surface area contributed by atoms with E-state index in [0.29, 0.717) is 6.42 Å². The maximum atomic E-state index is 13.2. The number of aliphatic carboxylic acids is 2. The molecule has 0 spiro atoms. The first kappa shape index (κ1) is 35.2. The van der Waals surface area contributed by atoms with Crippen LogP contribution < -0.4 is 32.7 Å². The van der Waals surface area contributed by atoms with Crippen LogP contribution in [-0.4, -0.2) is 81.9 Å². The summed E-state index contributed by atoms with van der Waals surface area (Å²) < 4.78 is 0. The Morgan fingerprint density at radius 3 is 1.77 bits per heavy atom. The molecule has 6 unspecified atom stereocenters. The van der Waals surface area contributed by atoms with E-state index >= 15 is 0 Å². The third-order valence-electron chi connectivity index (χ3n) is 5.90. The fourth-order valence-corrected chi connectivity index (χ4v) is 3.42. The topological polar surface area (TPSA) is 260 Å². The van der Waals surface area contributed by atoms with Gasteiger partial charge in [0, 0.05) is 6.42 Å². The predicted molar refractivity (Wildman–Crippen MR) is 139 cm³/mol. The minimum absolute atomic E-state index is 0.111. The first-order valence-corrected chi connectivity index (χ1v) is 12.7. The maximum absolute atomic E-state index is 13.2. The Balaban J connectivity index is 5.85. The number of nitrogens with one attached hydrogen (secondary N) is 4. The Kier molecular flexibility index (Phi) is 15.3. The smallest absolute Gasteiger partial charge is 0.325 e. The second-order valence-corrected chi connectivity index (χ2v) is 9.90. The van der Waals surface area contributed by atoms with Crippen molar-refractivity contribution in [2.45, 2.75) is 96.9 Å². The van der Waals surface area contributed by atoms with E-state index in [0.717, 1.165) is 0 Å². The Labute approximate surface area is 227 Å². The van der Waals surface area contributed by atoms with Gasteiger partial charge in [-0.25, -0.2) is 0 Å². The van der Waals surface area contributed by atoms with Crippen LogP contribution >= 0.6 is 0 Å². The lowest BCUT2D eigenvalue weighted by molar-refractivity contribution is -0.142. The van der Waals surface area contributed by atoms with E-state index in [1.807, 2.05) is 0 Å². The lowest BCUT2D eigenvalue weighted by atomic mass is 9.96. The van der Waals surface area contributed by atoms with Gasteiger partial charge < -0.3 is 42.9 Å². The van der Waals surface area contributed by atoms with Gasteiger partial charge in [0.05, 0.1) is 12.5 Å². The van der Waals surface area contributed by atoms with Crippen LogP contribution in [0.3, 0.4) is 0 Å². The predicted octanol–water partition coefficient (Wildman–Crippen LogP) is -1.81. The summed E-state index contributed by atoms with van der Waals surface area (Å²) in [6.45, 7) is 8.32. The van der Waals surface area contributed by atoms with Gasteiger partial charge in [0.25, 0.3) is 0 Å². The zero-order chi connectivity index (χ0) is 30.4. The number of carboxylic acids is 2. The summed E-state index contributed by atoms with van der Waals surface area (Å²) in [5.41, 5.74) is 10.7. The second-order valence-electron chi connectivity index (χ2n) is 9.90. The van der Waals surface area contributed by atoms with Gasteiger partial charge in [0.15, 0.2) is 0 Å². The van der Waals surface area contributed by atoms with Gasteiger partial charge in [0.2, 0.25) is 29.5 Å². The van der Waals surface area contributed by atoms with Gasteiger partial charge >= 0.3 is 11.9 Å². The molecule has 15 heteroatoms. The van der Waals surface area contributed by atoms with Gasteiger partial charge in [-0.2, -0.15) is 0 Å². The number of amides is 5. The summed E-state index contributed by atoms with van der Waals surface area (Å²) in [7, 11) is 0. The molecule has 0 radical (unpaired) electrons. The Morgan fingerprint density at radius 1 is 0.769 bits per heavy atom. The number of primary amides is 1. The molecular formula is C24H42N6O9. The van der Waals surface area contributed by atoms with Crippen molar-refractivity contribution in [2.24, 2.45) is 23.3 Å². The Hall–Kier alpha value is -3.75. The van der Waals surface area contributed by atoms with Crippen LogP contribution in [0.15, 0.2) is 0 Å². The van der Waals surface area contributed by atoms with Crippen molar-refractivity contribution in [1.29, 1.82) is 0 Å². The van der Waals surface area contributed by atoms with Crippen molar-refractivity contribution in [3.05, 3.63) is 0 Å². The number of carbonyl (C=O) groups excluding carboxylic acids is 5. The van der Waals surface area contributed by atoms with Crippen molar-refractivity contribution in [2.75, 3.05) is 0 Å². The number of rotatable bonds is 18. The number of hydrogen-bond acceptors (Lipinski definition) is 8. The van der Waals surface area contributed by atoms with Crippen molar-refractivity contribution >= 4 is 41.5 Å². The SMILES string of the molecule is CCC(C)C(NC(=O)C(CC(C)C)NC(=O)C(CCC(=O)O)NC(=O)C(N)CC(N)=O)C(=O)NC(C)C(=O)O. The molecule has 0 aliphatic heterocycles.